The number of para-hydroxylation sites is 2. The van der Waals surface area contributed by atoms with Crippen LogP contribution in [0.1, 0.15) is 21.5 Å². The van der Waals surface area contributed by atoms with E-state index >= 15 is 0 Å². The molecule has 126 valence electrons. The summed E-state index contributed by atoms with van der Waals surface area (Å²) in [6.45, 7) is 1.14. The minimum absolute atomic E-state index is 0.0474. The van der Waals surface area contributed by atoms with Crippen molar-refractivity contribution < 1.29 is 9.53 Å². The lowest BCUT2D eigenvalue weighted by Gasteiger charge is -2.32. The van der Waals surface area contributed by atoms with Gasteiger partial charge in [-0.25, -0.2) is 0 Å². The van der Waals surface area contributed by atoms with Crippen LogP contribution in [-0.4, -0.2) is 28.9 Å². The summed E-state index contributed by atoms with van der Waals surface area (Å²) in [5, 5.41) is 2.34. The molecule has 0 saturated carbocycles. The van der Waals surface area contributed by atoms with Crippen molar-refractivity contribution in [1.82, 2.24) is 9.88 Å². The summed E-state index contributed by atoms with van der Waals surface area (Å²) >= 11 is 0. The van der Waals surface area contributed by atoms with E-state index in [1.165, 1.54) is 5.39 Å². The van der Waals surface area contributed by atoms with E-state index in [-0.39, 0.29) is 5.91 Å². The van der Waals surface area contributed by atoms with Crippen LogP contribution >= 0.6 is 0 Å². The Morgan fingerprint density at radius 1 is 0.885 bits per heavy atom. The average molecular weight is 340 g/mol. The molecule has 6 rings (SSSR count). The van der Waals surface area contributed by atoms with Crippen molar-refractivity contribution in [2.24, 2.45) is 0 Å². The van der Waals surface area contributed by atoms with Gasteiger partial charge < -0.3 is 9.72 Å². The Labute approximate surface area is 150 Å². The van der Waals surface area contributed by atoms with Gasteiger partial charge in [0, 0.05) is 39.5 Å². The fourth-order valence-electron chi connectivity index (χ4n) is 4.62. The summed E-state index contributed by atoms with van der Waals surface area (Å²) in [5.74, 6) is 0.0474. The van der Waals surface area contributed by atoms with E-state index in [1.807, 2.05) is 41.3 Å². The molecule has 1 saturated heterocycles. The van der Waals surface area contributed by atoms with E-state index in [9.17, 15) is 4.79 Å². The topological polar surface area (TPSA) is 45.3 Å². The lowest BCUT2D eigenvalue weighted by atomic mass is 9.92. The Balaban J connectivity index is 1.74. The lowest BCUT2D eigenvalue weighted by Crippen LogP contribution is -2.40. The van der Waals surface area contributed by atoms with Crippen molar-refractivity contribution in [3.8, 4) is 0 Å². The Hall–Kier alpha value is -3.11. The molecular weight excluding hydrogens is 324 g/mol. The molecule has 1 atom stereocenters. The smallest absolute Gasteiger partial charge is 0.257 e. The van der Waals surface area contributed by atoms with Crippen molar-refractivity contribution in [1.29, 1.82) is 0 Å². The zero-order valence-corrected chi connectivity index (χ0v) is 14.0. The lowest BCUT2D eigenvalue weighted by molar-refractivity contribution is -0.0293. The number of nitrogens with zero attached hydrogens (tertiary/aromatic N) is 1. The molecule has 1 N–H and O–H groups in total. The second kappa shape index (κ2) is 4.74. The maximum Gasteiger partial charge on any atom is 0.257 e. The van der Waals surface area contributed by atoms with Crippen LogP contribution in [0.4, 0.5) is 0 Å². The third-order valence-corrected chi connectivity index (χ3v) is 5.68. The first-order chi connectivity index (χ1) is 12.8. The van der Waals surface area contributed by atoms with Crippen LogP contribution in [0, 0.1) is 0 Å². The molecule has 1 amide bonds. The van der Waals surface area contributed by atoms with Gasteiger partial charge in [-0.2, -0.15) is 0 Å². The van der Waals surface area contributed by atoms with E-state index in [0.717, 1.165) is 33.1 Å². The molecule has 1 unspecified atom stereocenters. The largest absolute Gasteiger partial charge is 0.354 e. The van der Waals surface area contributed by atoms with Gasteiger partial charge in [-0.3, -0.25) is 9.69 Å². The number of hydrogen-bond acceptors (Lipinski definition) is 2. The first kappa shape index (κ1) is 14.1. The van der Waals surface area contributed by atoms with Gasteiger partial charge >= 0.3 is 0 Å². The zero-order chi connectivity index (χ0) is 17.3. The second-order valence-corrected chi connectivity index (χ2v) is 6.89. The molecule has 3 heterocycles. The zero-order valence-electron chi connectivity index (χ0n) is 14.0. The number of aromatic nitrogens is 1. The van der Waals surface area contributed by atoms with Gasteiger partial charge in [0.2, 0.25) is 0 Å². The number of fused-ring (bicyclic) bond motifs is 6. The maximum atomic E-state index is 13.0. The predicted octanol–water partition coefficient (Wildman–Crippen LogP) is 4.01. The SMILES string of the molecule is O=C1c2ccccc2C2(c3cccc4c3[nH]c3ccccc34)OCCN12. The fraction of sp³-hybridized carbons (Fsp3) is 0.136. The Bertz CT molecular complexity index is 1210. The van der Waals surface area contributed by atoms with E-state index in [2.05, 4.69) is 35.3 Å². The van der Waals surface area contributed by atoms with Crippen molar-refractivity contribution in [3.63, 3.8) is 0 Å². The van der Waals surface area contributed by atoms with Gasteiger partial charge in [0.05, 0.1) is 12.1 Å². The molecule has 3 aromatic carbocycles. The molecule has 1 fully saturated rings. The number of aromatic amines is 1. The highest BCUT2D eigenvalue weighted by molar-refractivity contribution is 6.09. The van der Waals surface area contributed by atoms with Crippen molar-refractivity contribution in [2.75, 3.05) is 13.2 Å². The van der Waals surface area contributed by atoms with Gasteiger partial charge in [-0.15, -0.1) is 0 Å². The second-order valence-electron chi connectivity index (χ2n) is 6.89. The number of carbonyl (C=O) groups is 1. The minimum Gasteiger partial charge on any atom is -0.354 e. The number of nitrogens with one attached hydrogen (secondary N) is 1. The summed E-state index contributed by atoms with van der Waals surface area (Å²) < 4.78 is 6.34. The highest BCUT2D eigenvalue weighted by Crippen LogP contribution is 2.49. The normalized spacial score (nSPS) is 21.5. The van der Waals surface area contributed by atoms with Crippen LogP contribution < -0.4 is 0 Å². The van der Waals surface area contributed by atoms with Gasteiger partial charge in [-0.05, 0) is 12.1 Å². The van der Waals surface area contributed by atoms with Gasteiger partial charge in [0.25, 0.3) is 5.91 Å². The molecular formula is C22H16N2O2. The highest BCUT2D eigenvalue weighted by Gasteiger charge is 2.55. The molecule has 1 aromatic heterocycles. The highest BCUT2D eigenvalue weighted by atomic mass is 16.5. The molecule has 0 spiro atoms. The Morgan fingerprint density at radius 2 is 1.65 bits per heavy atom. The summed E-state index contributed by atoms with van der Waals surface area (Å²) in [6, 6.07) is 22.3. The van der Waals surface area contributed by atoms with Crippen molar-refractivity contribution >= 4 is 27.7 Å². The summed E-state index contributed by atoms with van der Waals surface area (Å²) in [5.41, 5.74) is 3.96. The van der Waals surface area contributed by atoms with E-state index in [4.69, 9.17) is 4.74 Å². The average Bonchev–Trinajstić information content (AvgIpc) is 3.34. The molecule has 4 nitrogen and oxygen atoms in total. The number of rotatable bonds is 1. The van der Waals surface area contributed by atoms with E-state index < -0.39 is 5.72 Å². The van der Waals surface area contributed by atoms with E-state index in [1.54, 1.807) is 0 Å². The molecule has 4 aromatic rings. The van der Waals surface area contributed by atoms with Crippen molar-refractivity contribution in [3.05, 3.63) is 83.4 Å². The van der Waals surface area contributed by atoms with Crippen LogP contribution in [-0.2, 0) is 10.5 Å². The van der Waals surface area contributed by atoms with Crippen LogP contribution in [0.15, 0.2) is 66.7 Å². The third-order valence-electron chi connectivity index (χ3n) is 5.68. The predicted molar refractivity (Wildman–Crippen MR) is 100 cm³/mol. The first-order valence-corrected chi connectivity index (χ1v) is 8.86. The Kier molecular flexibility index (Phi) is 2.57. The molecule has 4 heteroatoms. The van der Waals surface area contributed by atoms with Gasteiger partial charge in [0.15, 0.2) is 5.72 Å². The summed E-state index contributed by atoms with van der Waals surface area (Å²) in [7, 11) is 0. The van der Waals surface area contributed by atoms with Crippen LogP contribution in [0.25, 0.3) is 21.8 Å². The molecule has 0 bridgehead atoms. The number of ether oxygens (including phenoxy) is 1. The summed E-state index contributed by atoms with van der Waals surface area (Å²) in [6.07, 6.45) is 0. The molecule has 26 heavy (non-hydrogen) atoms. The number of carbonyl (C=O) groups excluding carboxylic acids is 1. The number of H-pyrrole nitrogens is 1. The van der Waals surface area contributed by atoms with Gasteiger partial charge in [-0.1, -0.05) is 54.6 Å². The fourth-order valence-corrected chi connectivity index (χ4v) is 4.62. The quantitative estimate of drug-likeness (QED) is 0.569. The van der Waals surface area contributed by atoms with Crippen molar-refractivity contribution in [2.45, 2.75) is 5.72 Å². The van der Waals surface area contributed by atoms with Crippen LogP contribution in [0.3, 0.4) is 0 Å². The maximum absolute atomic E-state index is 13.0. The third kappa shape index (κ3) is 1.51. The van der Waals surface area contributed by atoms with Crippen LogP contribution in [0.5, 0.6) is 0 Å². The summed E-state index contributed by atoms with van der Waals surface area (Å²) in [4.78, 5) is 18.4. The molecule has 0 radical (unpaired) electrons. The molecule has 2 aliphatic heterocycles. The number of benzene rings is 3. The van der Waals surface area contributed by atoms with E-state index in [0.29, 0.717) is 13.2 Å². The molecule has 2 aliphatic rings. The minimum atomic E-state index is -0.839. The monoisotopic (exact) mass is 340 g/mol. The number of amides is 1. The molecule has 0 aliphatic carbocycles. The first-order valence-electron chi connectivity index (χ1n) is 8.86. The van der Waals surface area contributed by atoms with Gasteiger partial charge in [0.1, 0.15) is 0 Å². The Morgan fingerprint density at radius 3 is 2.62 bits per heavy atom. The standard InChI is InChI=1S/C22H16N2O2/c25-21-16-7-1-3-9-17(16)22(24(21)12-13-26-22)18-10-5-8-15-14-6-2-4-11-19(14)23-20(15)18/h1-11,23H,12-13H2. The number of hydrogen-bond donors (Lipinski definition) is 1. The van der Waals surface area contributed by atoms with Crippen LogP contribution in [0.2, 0.25) is 0 Å².